The third-order valence-corrected chi connectivity index (χ3v) is 4.21. The maximum absolute atomic E-state index is 12.7. The Morgan fingerprint density at radius 2 is 2.08 bits per heavy atom. The number of amides is 2. The normalized spacial score (nSPS) is 13.8. The number of benzene rings is 1. The molecule has 1 aliphatic heterocycles. The van der Waals surface area contributed by atoms with Crippen LogP contribution in [0.25, 0.3) is 0 Å². The van der Waals surface area contributed by atoms with Crippen molar-refractivity contribution in [1.29, 1.82) is 0 Å². The molecule has 0 saturated carbocycles. The number of hydrogen-bond donors (Lipinski definition) is 1. The molecule has 0 saturated heterocycles. The molecule has 0 aliphatic carbocycles. The Morgan fingerprint density at radius 3 is 2.83 bits per heavy atom. The zero-order valence-electron chi connectivity index (χ0n) is 13.5. The molecule has 1 aromatic heterocycles. The van der Waals surface area contributed by atoms with Crippen LogP contribution in [-0.2, 0) is 11.2 Å². The largest absolute Gasteiger partial charge is 0.324 e. The zero-order chi connectivity index (χ0) is 17.3. The first-order chi connectivity index (χ1) is 11.5. The number of aromatic nitrogens is 1. The topological polar surface area (TPSA) is 62.3 Å². The molecular weight excluding hydrogens is 326 g/mol. The van der Waals surface area contributed by atoms with Gasteiger partial charge in [0.05, 0.1) is 23.8 Å². The number of nitrogens with zero attached hydrogens (tertiary/aromatic N) is 2. The van der Waals surface area contributed by atoms with Crippen LogP contribution in [0.2, 0.25) is 5.02 Å². The van der Waals surface area contributed by atoms with Crippen LogP contribution in [0.15, 0.2) is 36.7 Å². The van der Waals surface area contributed by atoms with Crippen molar-refractivity contribution in [3.8, 4) is 0 Å². The highest BCUT2D eigenvalue weighted by atomic mass is 35.5. The molecule has 1 aliphatic rings. The lowest BCUT2D eigenvalue weighted by Gasteiger charge is -2.28. The van der Waals surface area contributed by atoms with Crippen LogP contribution >= 0.6 is 11.6 Å². The summed E-state index contributed by atoms with van der Waals surface area (Å²) in [5, 5.41) is 3.44. The summed E-state index contributed by atoms with van der Waals surface area (Å²) in [6.07, 6.45) is 3.93. The Morgan fingerprint density at radius 1 is 1.29 bits per heavy atom. The quantitative estimate of drug-likeness (QED) is 0.927. The Bertz CT molecular complexity index is 805. The fourth-order valence-corrected chi connectivity index (χ4v) is 2.83. The van der Waals surface area contributed by atoms with E-state index in [1.54, 1.807) is 35.5 Å². The lowest BCUT2D eigenvalue weighted by atomic mass is 9.99. The second kappa shape index (κ2) is 6.61. The summed E-state index contributed by atoms with van der Waals surface area (Å²) in [5.74, 6) is -0.289. The molecule has 2 amide bonds. The average molecular weight is 344 g/mol. The van der Waals surface area contributed by atoms with E-state index in [2.05, 4.69) is 10.3 Å². The maximum atomic E-state index is 12.7. The van der Waals surface area contributed by atoms with Crippen molar-refractivity contribution in [2.24, 2.45) is 5.92 Å². The molecule has 24 heavy (non-hydrogen) atoms. The Hall–Kier alpha value is -2.40. The van der Waals surface area contributed by atoms with Crippen LogP contribution in [0.1, 0.15) is 29.8 Å². The Kier molecular flexibility index (Phi) is 4.53. The second-order valence-corrected chi connectivity index (χ2v) is 6.52. The summed E-state index contributed by atoms with van der Waals surface area (Å²) in [7, 11) is 0. The molecule has 1 aromatic carbocycles. The van der Waals surface area contributed by atoms with Crippen molar-refractivity contribution in [1.82, 2.24) is 4.98 Å². The van der Waals surface area contributed by atoms with E-state index >= 15 is 0 Å². The number of pyridine rings is 1. The second-order valence-electron chi connectivity index (χ2n) is 6.08. The maximum Gasteiger partial charge on any atom is 0.258 e. The molecule has 0 atom stereocenters. The van der Waals surface area contributed by atoms with Gasteiger partial charge < -0.3 is 10.2 Å². The molecule has 124 valence electrons. The first-order valence-corrected chi connectivity index (χ1v) is 8.19. The summed E-state index contributed by atoms with van der Waals surface area (Å²) >= 11 is 6.00. The predicted molar refractivity (Wildman–Crippen MR) is 94.5 cm³/mol. The van der Waals surface area contributed by atoms with E-state index in [0.29, 0.717) is 28.5 Å². The summed E-state index contributed by atoms with van der Waals surface area (Å²) in [6, 6.07) is 7.08. The minimum atomic E-state index is -0.123. The fraction of sp³-hybridized carbons (Fsp3) is 0.278. The third-order valence-electron chi connectivity index (χ3n) is 3.97. The van der Waals surface area contributed by atoms with Gasteiger partial charge in [0.25, 0.3) is 5.91 Å². The highest BCUT2D eigenvalue weighted by molar-refractivity contribution is 6.30. The number of nitrogens with one attached hydrogen (secondary N) is 1. The summed E-state index contributed by atoms with van der Waals surface area (Å²) in [6.45, 7) is 4.20. The van der Waals surface area contributed by atoms with Gasteiger partial charge in [-0.05, 0) is 36.2 Å². The van der Waals surface area contributed by atoms with Gasteiger partial charge in [-0.25, -0.2) is 0 Å². The lowest BCUT2D eigenvalue weighted by molar-refractivity contribution is -0.118. The number of carbonyl (C=O) groups is 2. The molecular formula is C18H18ClN3O2. The van der Waals surface area contributed by atoms with E-state index in [4.69, 9.17) is 11.6 Å². The van der Waals surface area contributed by atoms with Crippen molar-refractivity contribution in [2.75, 3.05) is 16.8 Å². The molecule has 0 fully saturated rings. The molecule has 3 rings (SSSR count). The van der Waals surface area contributed by atoms with Gasteiger partial charge >= 0.3 is 0 Å². The molecule has 2 aromatic rings. The molecule has 0 spiro atoms. The Balaban J connectivity index is 1.86. The number of anilines is 2. The van der Waals surface area contributed by atoms with Gasteiger partial charge in [0.15, 0.2) is 0 Å². The Labute approximate surface area is 145 Å². The first kappa shape index (κ1) is 16.5. The minimum absolute atomic E-state index is 0.0814. The molecule has 2 heterocycles. The van der Waals surface area contributed by atoms with Gasteiger partial charge in [0, 0.05) is 23.0 Å². The number of halogens is 1. The zero-order valence-corrected chi connectivity index (χ0v) is 14.3. The molecule has 0 radical (unpaired) electrons. The SMILES string of the molecule is CC(C)C(=O)Nc1cncc(N2CCc3cc(Cl)ccc3C2=O)c1. The van der Waals surface area contributed by atoms with Crippen molar-refractivity contribution in [3.05, 3.63) is 52.8 Å². The van der Waals surface area contributed by atoms with Crippen LogP contribution < -0.4 is 10.2 Å². The lowest BCUT2D eigenvalue weighted by Crippen LogP contribution is -2.37. The van der Waals surface area contributed by atoms with Gasteiger partial charge in [-0.3, -0.25) is 14.6 Å². The van der Waals surface area contributed by atoms with Gasteiger partial charge in [-0.1, -0.05) is 25.4 Å². The standard InChI is InChI=1S/C18H18ClN3O2/c1-11(2)17(23)21-14-8-15(10-20-9-14)22-6-5-12-7-13(19)3-4-16(12)18(22)24/h3-4,7-11H,5-6H2,1-2H3,(H,21,23). The van der Waals surface area contributed by atoms with Crippen LogP contribution in [0.3, 0.4) is 0 Å². The van der Waals surface area contributed by atoms with Gasteiger partial charge in [0.2, 0.25) is 5.91 Å². The van der Waals surface area contributed by atoms with Crippen LogP contribution in [0.5, 0.6) is 0 Å². The molecule has 0 bridgehead atoms. The van der Waals surface area contributed by atoms with E-state index < -0.39 is 0 Å². The highest BCUT2D eigenvalue weighted by Gasteiger charge is 2.26. The summed E-state index contributed by atoms with van der Waals surface area (Å²) < 4.78 is 0. The van der Waals surface area contributed by atoms with E-state index in [1.807, 2.05) is 19.9 Å². The van der Waals surface area contributed by atoms with E-state index in [-0.39, 0.29) is 17.7 Å². The summed E-state index contributed by atoms with van der Waals surface area (Å²) in [5.41, 5.74) is 2.87. The van der Waals surface area contributed by atoms with Gasteiger partial charge in [-0.2, -0.15) is 0 Å². The number of hydrogen-bond acceptors (Lipinski definition) is 3. The van der Waals surface area contributed by atoms with Crippen LogP contribution in [0, 0.1) is 5.92 Å². The smallest absolute Gasteiger partial charge is 0.258 e. The highest BCUT2D eigenvalue weighted by Crippen LogP contribution is 2.27. The molecule has 5 nitrogen and oxygen atoms in total. The average Bonchev–Trinajstić information content (AvgIpc) is 2.55. The molecule has 1 N–H and O–H groups in total. The monoisotopic (exact) mass is 343 g/mol. The van der Waals surface area contributed by atoms with E-state index in [9.17, 15) is 9.59 Å². The van der Waals surface area contributed by atoms with E-state index in [1.165, 1.54) is 0 Å². The van der Waals surface area contributed by atoms with Crippen molar-refractivity contribution in [2.45, 2.75) is 20.3 Å². The predicted octanol–water partition coefficient (Wildman–Crippen LogP) is 3.53. The van der Waals surface area contributed by atoms with Crippen LogP contribution in [0.4, 0.5) is 11.4 Å². The van der Waals surface area contributed by atoms with Crippen molar-refractivity contribution in [3.63, 3.8) is 0 Å². The molecule has 0 unspecified atom stereocenters. The third kappa shape index (κ3) is 3.26. The number of fused-ring (bicyclic) bond motifs is 1. The number of rotatable bonds is 3. The minimum Gasteiger partial charge on any atom is -0.324 e. The van der Waals surface area contributed by atoms with Crippen molar-refractivity contribution < 1.29 is 9.59 Å². The van der Waals surface area contributed by atoms with Crippen molar-refractivity contribution >= 4 is 34.8 Å². The van der Waals surface area contributed by atoms with Crippen LogP contribution in [-0.4, -0.2) is 23.3 Å². The van der Waals surface area contributed by atoms with Gasteiger partial charge in [-0.15, -0.1) is 0 Å². The first-order valence-electron chi connectivity index (χ1n) is 7.82. The summed E-state index contributed by atoms with van der Waals surface area (Å²) in [4.78, 5) is 30.4. The number of carbonyl (C=O) groups excluding carboxylic acids is 2. The van der Waals surface area contributed by atoms with Gasteiger partial charge in [0.1, 0.15) is 0 Å². The van der Waals surface area contributed by atoms with E-state index in [0.717, 1.165) is 12.0 Å². The molecule has 6 heteroatoms. The fourth-order valence-electron chi connectivity index (χ4n) is 2.63.